The molecule has 0 amide bonds. The fourth-order valence-electron chi connectivity index (χ4n) is 3.73. The van der Waals surface area contributed by atoms with Gasteiger partial charge in [0.15, 0.2) is 6.23 Å². The van der Waals surface area contributed by atoms with Crippen molar-refractivity contribution in [3.63, 3.8) is 0 Å². The van der Waals surface area contributed by atoms with Crippen molar-refractivity contribution in [2.24, 2.45) is 0 Å². The summed E-state index contributed by atoms with van der Waals surface area (Å²) in [4.78, 5) is 4.37. The molecule has 1 aromatic heterocycles. The smallest absolute Gasteiger partial charge is 0.152 e. The van der Waals surface area contributed by atoms with Gasteiger partial charge in [0.1, 0.15) is 22.5 Å². The van der Waals surface area contributed by atoms with Gasteiger partial charge in [-0.05, 0) is 48.4 Å². The maximum Gasteiger partial charge on any atom is 0.152 e. The van der Waals surface area contributed by atoms with Crippen LogP contribution >= 0.6 is 12.6 Å². The van der Waals surface area contributed by atoms with Crippen LogP contribution in [0.3, 0.4) is 0 Å². The molecule has 5 nitrogen and oxygen atoms in total. The molecule has 1 saturated heterocycles. The minimum Gasteiger partial charge on any atom is -0.475 e. The predicted molar refractivity (Wildman–Crippen MR) is 131 cm³/mol. The molecule has 6 heteroatoms. The highest BCUT2D eigenvalue weighted by Gasteiger charge is 2.25. The van der Waals surface area contributed by atoms with E-state index in [1.165, 1.54) is 5.69 Å². The first-order valence-corrected chi connectivity index (χ1v) is 11.2. The molecule has 4 rings (SSSR count). The molecule has 1 aliphatic rings. The second-order valence-corrected chi connectivity index (χ2v) is 8.54. The van der Waals surface area contributed by atoms with Gasteiger partial charge in [-0.1, -0.05) is 25.1 Å². The Hall–Kier alpha value is -2.41. The van der Waals surface area contributed by atoms with E-state index in [4.69, 9.17) is 13.9 Å². The number of rotatable bonds is 7. The first-order chi connectivity index (χ1) is 15.0. The van der Waals surface area contributed by atoms with Crippen LogP contribution in [-0.2, 0) is 4.74 Å². The van der Waals surface area contributed by atoms with E-state index < -0.39 is 0 Å². The zero-order valence-electron chi connectivity index (χ0n) is 18.3. The van der Waals surface area contributed by atoms with Crippen LogP contribution in [0, 0.1) is 0 Å². The van der Waals surface area contributed by atoms with Crippen LogP contribution in [0.2, 0.25) is 0 Å². The monoisotopic (exact) mass is 438 g/mol. The lowest BCUT2D eigenvalue weighted by atomic mass is 10.1. The summed E-state index contributed by atoms with van der Waals surface area (Å²) in [5.74, 6) is 1.63. The van der Waals surface area contributed by atoms with Gasteiger partial charge in [-0.25, -0.2) is 0 Å². The summed E-state index contributed by atoms with van der Waals surface area (Å²) in [6, 6.07) is 16.5. The fourth-order valence-corrected chi connectivity index (χ4v) is 4.05. The largest absolute Gasteiger partial charge is 0.475 e. The lowest BCUT2D eigenvalue weighted by molar-refractivity contribution is -0.0569. The van der Waals surface area contributed by atoms with Crippen molar-refractivity contribution >= 4 is 41.4 Å². The number of thiol groups is 1. The Kier molecular flexibility index (Phi) is 6.90. The Morgan fingerprint density at radius 1 is 1.16 bits per heavy atom. The van der Waals surface area contributed by atoms with Crippen LogP contribution < -0.4 is 9.64 Å². The fraction of sp³-hybridized carbons (Fsp3) is 0.360. The first-order valence-electron chi connectivity index (χ1n) is 10.7. The van der Waals surface area contributed by atoms with Crippen molar-refractivity contribution < 1.29 is 13.9 Å². The second kappa shape index (κ2) is 9.81. The number of ether oxygens (including phenoxy) is 2. The normalized spacial score (nSPS) is 18.5. The zero-order chi connectivity index (χ0) is 21.8. The molecule has 31 heavy (non-hydrogen) atoms. The van der Waals surface area contributed by atoms with Crippen LogP contribution in [0.4, 0.5) is 5.69 Å². The van der Waals surface area contributed by atoms with Gasteiger partial charge in [0, 0.05) is 44.3 Å². The third kappa shape index (κ3) is 5.45. The molecule has 0 N–H and O–H groups in total. The van der Waals surface area contributed by atoms with Crippen LogP contribution in [0.1, 0.15) is 24.7 Å². The van der Waals surface area contributed by atoms with E-state index in [9.17, 15) is 0 Å². The quantitative estimate of drug-likeness (QED) is 0.502. The van der Waals surface area contributed by atoms with Gasteiger partial charge in [0.25, 0.3) is 0 Å². The van der Waals surface area contributed by atoms with Crippen molar-refractivity contribution in [2.45, 2.75) is 25.0 Å². The number of furan rings is 1. The molecule has 1 fully saturated rings. The Bertz CT molecular complexity index is 1030. The molecule has 0 saturated carbocycles. The van der Waals surface area contributed by atoms with Crippen LogP contribution in [0.25, 0.3) is 23.1 Å². The maximum atomic E-state index is 6.28. The number of anilines is 1. The van der Waals surface area contributed by atoms with Crippen LogP contribution in [0.5, 0.6) is 5.75 Å². The first kappa shape index (κ1) is 21.8. The number of fused-ring (bicyclic) bond motifs is 1. The van der Waals surface area contributed by atoms with E-state index >= 15 is 0 Å². The van der Waals surface area contributed by atoms with Gasteiger partial charge in [-0.3, -0.25) is 4.90 Å². The zero-order valence-corrected chi connectivity index (χ0v) is 19.2. The van der Waals surface area contributed by atoms with Crippen molar-refractivity contribution in [2.75, 3.05) is 38.7 Å². The van der Waals surface area contributed by atoms with E-state index in [1.807, 2.05) is 38.4 Å². The molecule has 2 unspecified atom stereocenters. The van der Waals surface area contributed by atoms with E-state index in [-0.39, 0.29) is 11.7 Å². The van der Waals surface area contributed by atoms with E-state index in [0.29, 0.717) is 6.61 Å². The molecular weight excluding hydrogens is 408 g/mol. The average Bonchev–Trinajstić information content (AvgIpc) is 3.18. The highest BCUT2D eigenvalue weighted by Crippen LogP contribution is 2.27. The van der Waals surface area contributed by atoms with Gasteiger partial charge in [0.2, 0.25) is 0 Å². The van der Waals surface area contributed by atoms with Crippen molar-refractivity contribution in [1.29, 1.82) is 0 Å². The predicted octanol–water partition coefficient (Wildman–Crippen LogP) is 5.37. The van der Waals surface area contributed by atoms with Gasteiger partial charge < -0.3 is 18.8 Å². The Balaban J connectivity index is 1.46. The molecule has 0 aliphatic carbocycles. The topological polar surface area (TPSA) is 38.1 Å². The summed E-state index contributed by atoms with van der Waals surface area (Å²) in [5, 5.41) is 1.06. The molecular formula is C25H30N2O3S. The van der Waals surface area contributed by atoms with Crippen molar-refractivity contribution in [3.8, 4) is 5.75 Å². The summed E-state index contributed by atoms with van der Waals surface area (Å²) in [6.07, 6.45) is 4.95. The summed E-state index contributed by atoms with van der Waals surface area (Å²) in [6.45, 7) is 4.42. The SMILES string of the molecule is CCC(Oc1ccc2cc(/C=C/c3ccc(N(C)C)cc3)oc2c1)N1CCOC(S)C1. The number of nitrogens with zero attached hydrogens (tertiary/aromatic N) is 2. The van der Waals surface area contributed by atoms with Crippen LogP contribution in [0.15, 0.2) is 52.9 Å². The molecule has 3 aromatic rings. The third-order valence-corrected chi connectivity index (χ3v) is 5.78. The average molecular weight is 439 g/mol. The summed E-state index contributed by atoms with van der Waals surface area (Å²) >= 11 is 4.45. The van der Waals surface area contributed by atoms with Crippen molar-refractivity contribution in [3.05, 3.63) is 59.9 Å². The molecule has 1 aliphatic heterocycles. The third-order valence-electron chi connectivity index (χ3n) is 5.47. The van der Waals surface area contributed by atoms with Crippen molar-refractivity contribution in [1.82, 2.24) is 4.90 Å². The molecule has 0 bridgehead atoms. The van der Waals surface area contributed by atoms with E-state index in [1.54, 1.807) is 0 Å². The minimum absolute atomic E-state index is 0.00420. The number of hydrogen-bond acceptors (Lipinski definition) is 6. The molecule has 2 aromatic carbocycles. The Labute approximate surface area is 189 Å². The van der Waals surface area contributed by atoms with Gasteiger partial charge >= 0.3 is 0 Å². The Morgan fingerprint density at radius 3 is 2.68 bits per heavy atom. The van der Waals surface area contributed by atoms with E-state index in [2.05, 4.69) is 65.8 Å². The lowest BCUT2D eigenvalue weighted by Gasteiger charge is -2.36. The standard InChI is InChI=1S/C25H30N2O3S/c1-4-24(27-13-14-28-25(31)17-27)30-22-12-8-19-15-21(29-23(19)16-22)11-7-18-5-9-20(10-6-18)26(2)3/h5-12,15-16,24-25,31H,4,13-14,17H2,1-3H3/b11-7+. The van der Waals surface area contributed by atoms with Gasteiger partial charge in [0.05, 0.1) is 6.61 Å². The van der Waals surface area contributed by atoms with Gasteiger partial charge in [-0.2, -0.15) is 0 Å². The molecule has 0 spiro atoms. The van der Waals surface area contributed by atoms with Crippen LogP contribution in [-0.4, -0.2) is 50.4 Å². The maximum absolute atomic E-state index is 6.28. The second-order valence-electron chi connectivity index (χ2n) is 7.97. The molecule has 0 radical (unpaired) electrons. The van der Waals surface area contributed by atoms with E-state index in [0.717, 1.165) is 47.6 Å². The highest BCUT2D eigenvalue weighted by molar-refractivity contribution is 7.80. The minimum atomic E-state index is -0.0626. The number of hydrogen-bond donors (Lipinski definition) is 1. The summed E-state index contributed by atoms with van der Waals surface area (Å²) in [7, 11) is 4.08. The molecule has 2 atom stereocenters. The molecule has 164 valence electrons. The number of benzene rings is 2. The molecule has 2 heterocycles. The number of morpholine rings is 1. The highest BCUT2D eigenvalue weighted by atomic mass is 32.1. The summed E-state index contributed by atoms with van der Waals surface area (Å²) < 4.78 is 17.9. The Morgan fingerprint density at radius 2 is 1.97 bits per heavy atom. The lowest BCUT2D eigenvalue weighted by Crippen LogP contribution is -2.48. The summed E-state index contributed by atoms with van der Waals surface area (Å²) in [5.41, 5.74) is 3.08. The van der Waals surface area contributed by atoms with Gasteiger partial charge in [-0.15, -0.1) is 12.6 Å².